The van der Waals surface area contributed by atoms with E-state index in [1.54, 1.807) is 12.4 Å². The third-order valence-corrected chi connectivity index (χ3v) is 5.36. The average Bonchev–Trinajstić information content (AvgIpc) is 3.16. The number of rotatable bonds is 5. The lowest BCUT2D eigenvalue weighted by molar-refractivity contribution is -0.141. The molecule has 2 fully saturated rings. The summed E-state index contributed by atoms with van der Waals surface area (Å²) in [6, 6.07) is 0.206. The van der Waals surface area contributed by atoms with Gasteiger partial charge in [0.15, 0.2) is 6.10 Å². The van der Waals surface area contributed by atoms with Crippen LogP contribution in [0.25, 0.3) is 0 Å². The summed E-state index contributed by atoms with van der Waals surface area (Å²) in [5, 5.41) is 18.3. The van der Waals surface area contributed by atoms with Crippen LogP contribution in [0.5, 0.6) is 6.01 Å². The van der Waals surface area contributed by atoms with E-state index in [9.17, 15) is 9.90 Å². The van der Waals surface area contributed by atoms with Gasteiger partial charge in [0, 0.05) is 30.8 Å². The van der Waals surface area contributed by atoms with Gasteiger partial charge in [0.1, 0.15) is 6.10 Å². The molecule has 1 aromatic rings. The van der Waals surface area contributed by atoms with Crippen LogP contribution in [-0.2, 0) is 14.1 Å². The van der Waals surface area contributed by atoms with Gasteiger partial charge in [0.2, 0.25) is 0 Å². The monoisotopic (exact) mass is 379 g/mol. The molecule has 0 spiro atoms. The Balaban J connectivity index is 1.57. The normalized spacial score (nSPS) is 24.9. The Morgan fingerprint density at radius 2 is 1.93 bits per heavy atom. The van der Waals surface area contributed by atoms with Crippen molar-refractivity contribution in [3.05, 3.63) is 12.4 Å². The van der Waals surface area contributed by atoms with Gasteiger partial charge in [-0.2, -0.15) is 0 Å². The van der Waals surface area contributed by atoms with Crippen LogP contribution in [0.15, 0.2) is 12.4 Å². The molecular weight excluding hydrogens is 353 g/mol. The molecule has 3 heterocycles. The maximum absolute atomic E-state index is 11.9. The molecule has 27 heavy (non-hydrogen) atoms. The van der Waals surface area contributed by atoms with E-state index in [0.717, 1.165) is 0 Å². The second-order valence-electron chi connectivity index (χ2n) is 7.90. The molecule has 148 valence electrons. The number of nitrogens with zero attached hydrogens (tertiary/aromatic N) is 3. The van der Waals surface area contributed by atoms with E-state index in [1.165, 1.54) is 4.90 Å². The van der Waals surface area contributed by atoms with Crippen molar-refractivity contribution < 1.29 is 29.1 Å². The quantitative estimate of drug-likeness (QED) is 0.634. The topological polar surface area (TPSA) is 114 Å². The minimum Gasteiger partial charge on any atom is -0.458 e. The Morgan fingerprint density at radius 3 is 2.48 bits per heavy atom. The number of likely N-dealkylation sites (tertiary alicyclic amines) is 1. The molecule has 0 bridgehead atoms. The zero-order valence-electron chi connectivity index (χ0n) is 16.1. The van der Waals surface area contributed by atoms with Crippen LogP contribution in [0.4, 0.5) is 0 Å². The highest BCUT2D eigenvalue weighted by Gasteiger charge is 2.52. The fourth-order valence-electron chi connectivity index (χ4n) is 2.95. The Bertz CT molecular complexity index is 668. The van der Waals surface area contributed by atoms with Crippen molar-refractivity contribution >= 4 is 18.5 Å². The lowest BCUT2D eigenvalue weighted by Gasteiger charge is -2.32. The van der Waals surface area contributed by atoms with Gasteiger partial charge >= 0.3 is 13.1 Å². The fourth-order valence-corrected chi connectivity index (χ4v) is 2.95. The first-order chi connectivity index (χ1) is 12.6. The van der Waals surface area contributed by atoms with Crippen molar-refractivity contribution in [2.24, 2.45) is 0 Å². The van der Waals surface area contributed by atoms with Crippen molar-refractivity contribution in [1.82, 2.24) is 14.9 Å². The van der Waals surface area contributed by atoms with E-state index in [0.29, 0.717) is 25.0 Å². The number of aliphatic hydroxyl groups excluding tert-OH is 2. The van der Waals surface area contributed by atoms with Crippen molar-refractivity contribution in [1.29, 1.82) is 0 Å². The number of carbonyl (C=O) groups is 1. The Labute approximate surface area is 158 Å². The van der Waals surface area contributed by atoms with E-state index in [-0.39, 0.29) is 12.1 Å². The van der Waals surface area contributed by atoms with Crippen LogP contribution in [0, 0.1) is 0 Å². The first-order valence-corrected chi connectivity index (χ1v) is 9.05. The van der Waals surface area contributed by atoms with Crippen molar-refractivity contribution in [2.45, 2.75) is 57.5 Å². The molecule has 9 nitrogen and oxygen atoms in total. The van der Waals surface area contributed by atoms with Gasteiger partial charge in [-0.3, -0.25) is 4.79 Å². The highest BCUT2D eigenvalue weighted by atomic mass is 16.7. The minimum absolute atomic E-state index is 0.206. The van der Waals surface area contributed by atoms with Crippen LogP contribution < -0.4 is 10.2 Å². The Morgan fingerprint density at radius 1 is 1.33 bits per heavy atom. The first kappa shape index (κ1) is 20.0. The second-order valence-corrected chi connectivity index (χ2v) is 7.90. The molecular formula is C17H26BN3O6. The Kier molecular flexibility index (Phi) is 5.44. The Hall–Kier alpha value is -1.75. The molecule has 10 heteroatoms. The summed E-state index contributed by atoms with van der Waals surface area (Å²) >= 11 is 0. The predicted octanol–water partition coefficient (Wildman–Crippen LogP) is -0.891. The fraction of sp³-hybridized carbons (Fsp3) is 0.706. The molecule has 1 amide bonds. The largest absolute Gasteiger partial charge is 0.498 e. The standard InChI is InChI=1S/C17H26BN3O6/c1-16(2)17(3,4)27-18(26-16)11-7-19-15(20-8-11)25-12-5-6-21(9-12)14(24)13(23)10-22/h7-8,12-13,22-23H,5-6,9-10H2,1-4H3/t12-,13+/m0/s1. The third kappa shape index (κ3) is 4.08. The average molecular weight is 379 g/mol. The number of aliphatic hydroxyl groups is 2. The molecule has 0 aromatic carbocycles. The van der Waals surface area contributed by atoms with E-state index >= 15 is 0 Å². The van der Waals surface area contributed by atoms with Crippen molar-refractivity contribution in [3.8, 4) is 6.01 Å². The maximum atomic E-state index is 11.9. The summed E-state index contributed by atoms with van der Waals surface area (Å²) in [6.07, 6.45) is 2.17. The molecule has 2 saturated heterocycles. The van der Waals surface area contributed by atoms with Crippen LogP contribution in [0.1, 0.15) is 34.1 Å². The van der Waals surface area contributed by atoms with Crippen molar-refractivity contribution in [2.75, 3.05) is 19.7 Å². The van der Waals surface area contributed by atoms with Crippen LogP contribution in [0.3, 0.4) is 0 Å². The molecule has 0 saturated carbocycles. The van der Waals surface area contributed by atoms with Gasteiger partial charge in [-0.1, -0.05) is 0 Å². The highest BCUT2D eigenvalue weighted by molar-refractivity contribution is 6.61. The molecule has 1 aromatic heterocycles. The van der Waals surface area contributed by atoms with Gasteiger partial charge in [0.25, 0.3) is 5.91 Å². The molecule has 2 atom stereocenters. The van der Waals surface area contributed by atoms with Crippen LogP contribution >= 0.6 is 0 Å². The zero-order chi connectivity index (χ0) is 19.8. The third-order valence-electron chi connectivity index (χ3n) is 5.36. The van der Waals surface area contributed by atoms with Crippen molar-refractivity contribution in [3.63, 3.8) is 0 Å². The van der Waals surface area contributed by atoms with Gasteiger partial charge < -0.3 is 29.2 Å². The molecule has 0 aliphatic carbocycles. The van der Waals surface area contributed by atoms with E-state index in [1.807, 2.05) is 27.7 Å². The summed E-state index contributed by atoms with van der Waals surface area (Å²) in [7, 11) is -0.538. The van der Waals surface area contributed by atoms with E-state index in [2.05, 4.69) is 9.97 Å². The molecule has 2 aliphatic heterocycles. The lowest BCUT2D eigenvalue weighted by Crippen LogP contribution is -2.41. The van der Waals surface area contributed by atoms with Crippen LogP contribution in [0.2, 0.25) is 0 Å². The van der Waals surface area contributed by atoms with Gasteiger partial charge in [-0.05, 0) is 27.7 Å². The number of ether oxygens (including phenoxy) is 1. The number of aromatic nitrogens is 2. The summed E-state index contributed by atoms with van der Waals surface area (Å²) < 4.78 is 17.7. The van der Waals surface area contributed by atoms with Gasteiger partial charge in [0.05, 0.1) is 24.4 Å². The SMILES string of the molecule is CC1(C)OB(c2cnc(O[C@H]3CCN(C(=O)[C@H](O)CO)C3)nc2)OC1(C)C. The molecule has 3 rings (SSSR count). The predicted molar refractivity (Wildman–Crippen MR) is 96.5 cm³/mol. The number of carbonyl (C=O) groups excluding carboxylic acids is 1. The number of amides is 1. The minimum atomic E-state index is -1.39. The molecule has 2 N–H and O–H groups in total. The number of hydrogen-bond acceptors (Lipinski definition) is 8. The summed E-state index contributed by atoms with van der Waals surface area (Å²) in [5.74, 6) is -0.499. The van der Waals surface area contributed by atoms with E-state index in [4.69, 9.17) is 19.2 Å². The molecule has 2 aliphatic rings. The maximum Gasteiger partial charge on any atom is 0.498 e. The summed E-state index contributed by atoms with van der Waals surface area (Å²) in [4.78, 5) is 21.8. The van der Waals surface area contributed by atoms with Crippen LogP contribution in [-0.4, -0.2) is 81.2 Å². The highest BCUT2D eigenvalue weighted by Crippen LogP contribution is 2.36. The summed E-state index contributed by atoms with van der Waals surface area (Å²) in [6.45, 7) is 8.09. The lowest BCUT2D eigenvalue weighted by atomic mass is 9.81. The first-order valence-electron chi connectivity index (χ1n) is 9.05. The summed E-state index contributed by atoms with van der Waals surface area (Å²) in [5.41, 5.74) is -0.173. The smallest absolute Gasteiger partial charge is 0.458 e. The van der Waals surface area contributed by atoms with E-state index < -0.39 is 36.9 Å². The van der Waals surface area contributed by atoms with Gasteiger partial charge in [-0.25, -0.2) is 9.97 Å². The molecule has 0 unspecified atom stereocenters. The molecule has 0 radical (unpaired) electrons. The second kappa shape index (κ2) is 7.35. The van der Waals surface area contributed by atoms with Gasteiger partial charge in [-0.15, -0.1) is 0 Å². The number of hydrogen-bond donors (Lipinski definition) is 2. The zero-order valence-corrected chi connectivity index (χ0v) is 16.1.